The van der Waals surface area contributed by atoms with Crippen molar-refractivity contribution in [3.05, 3.63) is 101 Å². The van der Waals surface area contributed by atoms with Gasteiger partial charge in [0, 0.05) is 35.4 Å². The Balaban J connectivity index is 1.36. The normalized spacial score (nSPS) is 26.7. The van der Waals surface area contributed by atoms with Crippen LogP contribution in [0.25, 0.3) is 0 Å². The SMILES string of the molecule is Clc1ccccc1C1=NN2[C@H](C1)c1ccccc1OC21CCC(c2ccccc2)CC1. The largest absolute Gasteiger partial charge is 0.466 e. The molecule has 2 aliphatic heterocycles. The number of fused-ring (bicyclic) bond motifs is 4. The van der Waals surface area contributed by atoms with Gasteiger partial charge >= 0.3 is 0 Å². The van der Waals surface area contributed by atoms with Gasteiger partial charge in [0.1, 0.15) is 5.75 Å². The maximum atomic E-state index is 6.76. The number of hydrazone groups is 1. The number of para-hydroxylation sites is 1. The van der Waals surface area contributed by atoms with Gasteiger partial charge in [-0.3, -0.25) is 0 Å². The van der Waals surface area contributed by atoms with Crippen LogP contribution in [-0.2, 0) is 0 Å². The summed E-state index contributed by atoms with van der Waals surface area (Å²) in [6.45, 7) is 0. The molecule has 6 rings (SSSR count). The number of rotatable bonds is 2. The number of halogens is 1. The number of hydrogen-bond acceptors (Lipinski definition) is 3. The van der Waals surface area contributed by atoms with E-state index in [9.17, 15) is 0 Å². The number of benzene rings is 3. The maximum Gasteiger partial charge on any atom is 0.198 e. The molecule has 4 heteroatoms. The second-order valence-electron chi connectivity index (χ2n) is 8.86. The van der Waals surface area contributed by atoms with E-state index in [1.807, 2.05) is 18.2 Å². The Morgan fingerprint density at radius 3 is 2.39 bits per heavy atom. The van der Waals surface area contributed by atoms with Crippen molar-refractivity contribution < 1.29 is 4.74 Å². The van der Waals surface area contributed by atoms with Crippen LogP contribution in [0.4, 0.5) is 0 Å². The van der Waals surface area contributed by atoms with Crippen LogP contribution in [0, 0.1) is 0 Å². The Morgan fingerprint density at radius 2 is 1.58 bits per heavy atom. The third-order valence-corrected chi connectivity index (χ3v) is 7.46. The first-order valence-electron chi connectivity index (χ1n) is 11.2. The molecule has 156 valence electrons. The number of nitrogens with zero attached hydrogens (tertiary/aromatic N) is 2. The van der Waals surface area contributed by atoms with Crippen molar-refractivity contribution in [2.24, 2.45) is 5.10 Å². The lowest BCUT2D eigenvalue weighted by molar-refractivity contribution is -0.142. The van der Waals surface area contributed by atoms with Gasteiger partial charge in [-0.15, -0.1) is 0 Å². The molecular weight excluding hydrogens is 404 g/mol. The van der Waals surface area contributed by atoms with Gasteiger partial charge in [-0.25, -0.2) is 5.01 Å². The predicted molar refractivity (Wildman–Crippen MR) is 125 cm³/mol. The Labute approximate surface area is 188 Å². The highest BCUT2D eigenvalue weighted by Gasteiger charge is 2.52. The fourth-order valence-corrected chi connectivity index (χ4v) is 5.79. The molecule has 3 aromatic rings. The summed E-state index contributed by atoms with van der Waals surface area (Å²) in [6, 6.07) is 27.6. The Kier molecular flexibility index (Phi) is 4.53. The van der Waals surface area contributed by atoms with Gasteiger partial charge in [-0.1, -0.05) is 78.3 Å². The lowest BCUT2D eigenvalue weighted by Gasteiger charge is -2.50. The maximum absolute atomic E-state index is 6.76. The average molecular weight is 429 g/mol. The monoisotopic (exact) mass is 428 g/mol. The summed E-state index contributed by atoms with van der Waals surface area (Å²) in [5.41, 5.74) is 4.37. The van der Waals surface area contributed by atoms with Crippen LogP contribution in [0.1, 0.15) is 60.8 Å². The highest BCUT2D eigenvalue weighted by atomic mass is 35.5. The van der Waals surface area contributed by atoms with Crippen LogP contribution in [0.5, 0.6) is 5.75 Å². The van der Waals surface area contributed by atoms with E-state index in [1.165, 1.54) is 11.1 Å². The molecule has 0 radical (unpaired) electrons. The molecule has 1 fully saturated rings. The van der Waals surface area contributed by atoms with E-state index in [2.05, 4.69) is 65.7 Å². The summed E-state index contributed by atoms with van der Waals surface area (Å²) < 4.78 is 6.76. The molecule has 1 spiro atoms. The van der Waals surface area contributed by atoms with Crippen LogP contribution in [0.15, 0.2) is 84.0 Å². The summed E-state index contributed by atoms with van der Waals surface area (Å²) in [4.78, 5) is 0. The Morgan fingerprint density at radius 1 is 0.871 bits per heavy atom. The van der Waals surface area contributed by atoms with Gasteiger partial charge in [0.25, 0.3) is 0 Å². The lowest BCUT2D eigenvalue weighted by atomic mass is 9.78. The van der Waals surface area contributed by atoms with Crippen molar-refractivity contribution in [3.63, 3.8) is 0 Å². The Bertz CT molecular complexity index is 1130. The smallest absolute Gasteiger partial charge is 0.198 e. The molecule has 0 unspecified atom stereocenters. The van der Waals surface area contributed by atoms with Crippen molar-refractivity contribution in [1.82, 2.24) is 5.01 Å². The topological polar surface area (TPSA) is 24.8 Å². The van der Waals surface area contributed by atoms with Crippen molar-refractivity contribution in [1.29, 1.82) is 0 Å². The zero-order valence-electron chi connectivity index (χ0n) is 17.4. The van der Waals surface area contributed by atoms with E-state index >= 15 is 0 Å². The molecule has 3 aromatic carbocycles. The highest BCUT2D eigenvalue weighted by molar-refractivity contribution is 6.34. The summed E-state index contributed by atoms with van der Waals surface area (Å²) in [5.74, 6) is 1.60. The molecule has 0 bridgehead atoms. The predicted octanol–water partition coefficient (Wildman–Crippen LogP) is 6.94. The summed E-state index contributed by atoms with van der Waals surface area (Å²) >= 11 is 6.54. The molecule has 0 N–H and O–H groups in total. The van der Waals surface area contributed by atoms with Crippen molar-refractivity contribution >= 4 is 17.3 Å². The first kappa shape index (κ1) is 18.9. The summed E-state index contributed by atoms with van der Waals surface area (Å²) in [6.07, 6.45) is 5.00. The number of hydrogen-bond donors (Lipinski definition) is 0. The lowest BCUT2D eigenvalue weighted by Crippen LogP contribution is -2.55. The molecule has 31 heavy (non-hydrogen) atoms. The van der Waals surface area contributed by atoms with Gasteiger partial charge in [-0.05, 0) is 36.5 Å². The van der Waals surface area contributed by atoms with E-state index < -0.39 is 0 Å². The molecule has 0 saturated heterocycles. The van der Waals surface area contributed by atoms with E-state index in [1.54, 1.807) is 0 Å². The third-order valence-electron chi connectivity index (χ3n) is 7.13. The molecule has 1 aliphatic carbocycles. The molecule has 3 nitrogen and oxygen atoms in total. The molecule has 0 aromatic heterocycles. The quantitative estimate of drug-likeness (QED) is 0.441. The third kappa shape index (κ3) is 3.14. The van der Waals surface area contributed by atoms with Crippen LogP contribution in [0.3, 0.4) is 0 Å². The van der Waals surface area contributed by atoms with Crippen LogP contribution in [-0.4, -0.2) is 16.4 Å². The first-order valence-corrected chi connectivity index (χ1v) is 11.6. The van der Waals surface area contributed by atoms with E-state index in [4.69, 9.17) is 21.4 Å². The molecule has 0 amide bonds. The number of ether oxygens (including phenoxy) is 1. The average Bonchev–Trinajstić information content (AvgIpc) is 3.27. The zero-order chi connectivity index (χ0) is 20.8. The molecule has 3 aliphatic rings. The van der Waals surface area contributed by atoms with E-state index in [0.717, 1.165) is 54.2 Å². The van der Waals surface area contributed by atoms with Crippen molar-refractivity contribution in [3.8, 4) is 5.75 Å². The van der Waals surface area contributed by atoms with Crippen molar-refractivity contribution in [2.75, 3.05) is 0 Å². The van der Waals surface area contributed by atoms with Gasteiger partial charge in [0.05, 0.1) is 11.8 Å². The van der Waals surface area contributed by atoms with Gasteiger partial charge in [0.15, 0.2) is 5.72 Å². The molecule has 1 saturated carbocycles. The first-order chi connectivity index (χ1) is 15.2. The zero-order valence-corrected chi connectivity index (χ0v) is 18.1. The summed E-state index contributed by atoms with van der Waals surface area (Å²) in [5, 5.41) is 8.19. The van der Waals surface area contributed by atoms with Gasteiger partial charge in [-0.2, -0.15) is 5.10 Å². The molecular formula is C27H25ClN2O. The van der Waals surface area contributed by atoms with Gasteiger partial charge in [0.2, 0.25) is 0 Å². The van der Waals surface area contributed by atoms with Crippen LogP contribution in [0.2, 0.25) is 5.02 Å². The van der Waals surface area contributed by atoms with E-state index in [-0.39, 0.29) is 11.8 Å². The van der Waals surface area contributed by atoms with Gasteiger partial charge < -0.3 is 4.74 Å². The molecule has 2 heterocycles. The van der Waals surface area contributed by atoms with Crippen LogP contribution >= 0.6 is 11.6 Å². The summed E-state index contributed by atoms with van der Waals surface area (Å²) in [7, 11) is 0. The second-order valence-corrected chi connectivity index (χ2v) is 9.27. The van der Waals surface area contributed by atoms with Crippen LogP contribution < -0.4 is 4.74 Å². The molecule has 1 atom stereocenters. The minimum atomic E-state index is -0.382. The second kappa shape index (κ2) is 7.42. The minimum Gasteiger partial charge on any atom is -0.466 e. The fourth-order valence-electron chi connectivity index (χ4n) is 5.54. The van der Waals surface area contributed by atoms with Crippen molar-refractivity contribution in [2.45, 2.75) is 49.8 Å². The minimum absolute atomic E-state index is 0.199. The Hall–Kier alpha value is -2.78. The van der Waals surface area contributed by atoms with E-state index in [0.29, 0.717) is 5.92 Å². The highest BCUT2D eigenvalue weighted by Crippen LogP contribution is 2.53. The standard InChI is InChI=1S/C27H25ClN2O/c28-23-12-6-4-10-21(23)24-18-25-22-11-5-7-13-26(22)31-27(30(25)29-24)16-14-20(15-17-27)19-8-2-1-3-9-19/h1-13,20,25H,14-18H2/t20?,25-,27?/m1/s1. The fraction of sp³-hybridized carbons (Fsp3) is 0.296.